The number of halogens is 3. The topological polar surface area (TPSA) is 83.7 Å². The second kappa shape index (κ2) is 8.63. The number of benzene rings is 2. The summed E-state index contributed by atoms with van der Waals surface area (Å²) < 4.78 is 34.9. The van der Waals surface area contributed by atoms with Crippen LogP contribution in [0.1, 0.15) is 16.8 Å². The van der Waals surface area contributed by atoms with E-state index in [0.29, 0.717) is 15.4 Å². The molecule has 1 heterocycles. The van der Waals surface area contributed by atoms with Crippen molar-refractivity contribution in [2.24, 2.45) is 0 Å². The van der Waals surface area contributed by atoms with Crippen molar-refractivity contribution in [1.29, 1.82) is 0 Å². The molecule has 6 nitrogen and oxygen atoms in total. The highest BCUT2D eigenvalue weighted by Crippen LogP contribution is 2.33. The Morgan fingerprint density at radius 1 is 1.26 bits per heavy atom. The van der Waals surface area contributed by atoms with Crippen molar-refractivity contribution in [2.45, 2.75) is 6.42 Å². The number of rotatable bonds is 7. The number of hydroxylamine groups is 1. The number of nitrogens with one attached hydrogen (secondary N) is 2. The van der Waals surface area contributed by atoms with Crippen LogP contribution in [-0.4, -0.2) is 24.2 Å². The van der Waals surface area contributed by atoms with Gasteiger partial charge in [0.25, 0.3) is 5.91 Å². The molecule has 0 fully saturated rings. The van der Waals surface area contributed by atoms with E-state index in [1.807, 2.05) is 22.6 Å². The van der Waals surface area contributed by atoms with Gasteiger partial charge in [-0.15, -0.1) is 0 Å². The maximum absolute atomic E-state index is 14.9. The number of anilines is 2. The van der Waals surface area contributed by atoms with Crippen LogP contribution in [0, 0.1) is 15.2 Å². The predicted octanol–water partition coefficient (Wildman–Crippen LogP) is 4.10. The van der Waals surface area contributed by atoms with Crippen LogP contribution in [0.15, 0.2) is 41.0 Å². The highest BCUT2D eigenvalue weighted by atomic mass is 127. The van der Waals surface area contributed by atoms with Gasteiger partial charge in [-0.05, 0) is 59.3 Å². The number of fused-ring (bicyclic) bond motifs is 1. The van der Waals surface area contributed by atoms with E-state index in [-0.39, 0.29) is 35.7 Å². The molecule has 1 amide bonds. The van der Waals surface area contributed by atoms with Gasteiger partial charge in [0, 0.05) is 15.6 Å². The number of hydrogen-bond acceptors (Lipinski definition) is 5. The van der Waals surface area contributed by atoms with E-state index in [0.717, 1.165) is 0 Å². The minimum atomic E-state index is -0.823. The molecule has 0 saturated heterocycles. The van der Waals surface area contributed by atoms with E-state index in [9.17, 15) is 13.6 Å². The van der Waals surface area contributed by atoms with Gasteiger partial charge in [-0.25, -0.2) is 14.3 Å². The number of aliphatic hydroxyl groups excluding tert-OH is 1. The average molecular weight is 488 g/mol. The van der Waals surface area contributed by atoms with E-state index in [1.54, 1.807) is 6.07 Å². The van der Waals surface area contributed by atoms with Crippen LogP contribution in [0.25, 0.3) is 11.0 Å². The molecule has 0 radical (unpaired) electrons. The van der Waals surface area contributed by atoms with Gasteiger partial charge >= 0.3 is 0 Å². The predicted molar refractivity (Wildman–Crippen MR) is 104 cm³/mol. The van der Waals surface area contributed by atoms with E-state index < -0.39 is 17.5 Å². The summed E-state index contributed by atoms with van der Waals surface area (Å²) in [5, 5.41) is 11.7. The summed E-state index contributed by atoms with van der Waals surface area (Å²) in [4.78, 5) is 17.4. The lowest BCUT2D eigenvalue weighted by Crippen LogP contribution is -2.25. The van der Waals surface area contributed by atoms with Crippen molar-refractivity contribution in [1.82, 2.24) is 5.48 Å². The lowest BCUT2D eigenvalue weighted by Gasteiger charge is -2.14. The van der Waals surface area contributed by atoms with Crippen LogP contribution in [0.3, 0.4) is 0 Å². The molecule has 0 bridgehead atoms. The van der Waals surface area contributed by atoms with E-state index in [4.69, 9.17) is 14.4 Å². The van der Waals surface area contributed by atoms with Gasteiger partial charge in [0.1, 0.15) is 5.82 Å². The Morgan fingerprint density at radius 2 is 2.07 bits per heavy atom. The number of aliphatic hydroxyl groups is 1. The molecule has 0 saturated carbocycles. The molecule has 0 aliphatic rings. The first-order valence-electron chi connectivity index (χ1n) is 7.96. The molecule has 142 valence electrons. The second-order valence-corrected chi connectivity index (χ2v) is 6.80. The average Bonchev–Trinajstić information content (AvgIpc) is 3.11. The number of amides is 1. The maximum atomic E-state index is 14.9. The van der Waals surface area contributed by atoms with Crippen molar-refractivity contribution in [2.75, 3.05) is 18.5 Å². The molecular formula is C18H15F2IN2O4. The fraction of sp³-hybridized carbons (Fsp3) is 0.167. The standard InChI is InChI=1S/C18H15F2IN2O4/c19-13-9-11(21)2-3-14(13)22-16-12(18(25)23-27-6-1-5-24)8-10-4-7-26-17(10)15(16)20/h2-4,7-9,22,24H,1,5-6H2,(H,23,25). The SMILES string of the molecule is O=C(NOCCCO)c1cc2ccoc2c(F)c1Nc1ccc(I)cc1F. The third-order valence-electron chi connectivity index (χ3n) is 3.69. The summed E-state index contributed by atoms with van der Waals surface area (Å²) >= 11 is 1.95. The Morgan fingerprint density at radius 3 is 2.81 bits per heavy atom. The first-order chi connectivity index (χ1) is 13.0. The normalized spacial score (nSPS) is 11.0. The van der Waals surface area contributed by atoms with Crippen molar-refractivity contribution in [3.63, 3.8) is 0 Å². The van der Waals surface area contributed by atoms with E-state index in [2.05, 4.69) is 10.8 Å². The Bertz CT molecular complexity index is 977. The molecule has 0 aliphatic carbocycles. The lowest BCUT2D eigenvalue weighted by atomic mass is 10.1. The summed E-state index contributed by atoms with van der Waals surface area (Å²) in [6, 6.07) is 7.30. The van der Waals surface area contributed by atoms with Gasteiger partial charge in [0.15, 0.2) is 11.4 Å². The molecule has 9 heteroatoms. The van der Waals surface area contributed by atoms with Crippen molar-refractivity contribution in [3.05, 3.63) is 57.4 Å². The summed E-state index contributed by atoms with van der Waals surface area (Å²) in [6.45, 7) is -0.00243. The van der Waals surface area contributed by atoms with Crippen LogP contribution >= 0.6 is 22.6 Å². The Hall–Kier alpha value is -2.24. The van der Waals surface area contributed by atoms with Gasteiger partial charge in [0.05, 0.1) is 29.8 Å². The molecule has 27 heavy (non-hydrogen) atoms. The summed E-state index contributed by atoms with van der Waals surface area (Å²) in [5.41, 5.74) is 1.83. The van der Waals surface area contributed by atoms with Crippen molar-refractivity contribution < 1.29 is 27.9 Å². The molecule has 0 aliphatic heterocycles. The fourth-order valence-electron chi connectivity index (χ4n) is 2.41. The lowest BCUT2D eigenvalue weighted by molar-refractivity contribution is 0.0262. The summed E-state index contributed by atoms with van der Waals surface area (Å²) in [5.74, 6) is -2.13. The molecular weight excluding hydrogens is 473 g/mol. The minimum Gasteiger partial charge on any atom is -0.461 e. The van der Waals surface area contributed by atoms with E-state index >= 15 is 0 Å². The van der Waals surface area contributed by atoms with Gasteiger partial charge in [-0.1, -0.05) is 0 Å². The molecule has 1 aromatic heterocycles. The maximum Gasteiger partial charge on any atom is 0.277 e. The minimum absolute atomic E-state index is 0.00970. The molecule has 2 aromatic carbocycles. The third kappa shape index (κ3) is 4.37. The summed E-state index contributed by atoms with van der Waals surface area (Å²) in [7, 11) is 0. The van der Waals surface area contributed by atoms with E-state index in [1.165, 1.54) is 30.5 Å². The quantitative estimate of drug-likeness (QED) is 0.265. The Balaban J connectivity index is 1.98. The number of furan rings is 1. The summed E-state index contributed by atoms with van der Waals surface area (Å²) in [6.07, 6.45) is 1.62. The molecule has 0 spiro atoms. The zero-order valence-corrected chi connectivity index (χ0v) is 16.0. The molecule has 0 unspecified atom stereocenters. The molecule has 3 rings (SSSR count). The highest BCUT2D eigenvalue weighted by Gasteiger charge is 2.22. The van der Waals surface area contributed by atoms with Crippen LogP contribution in [-0.2, 0) is 4.84 Å². The molecule has 3 N–H and O–H groups in total. The van der Waals surface area contributed by atoms with Gasteiger partial charge in [0.2, 0.25) is 0 Å². The Labute approximate surface area is 166 Å². The molecule has 3 aromatic rings. The zero-order chi connectivity index (χ0) is 19.4. The number of carbonyl (C=O) groups is 1. The first-order valence-corrected chi connectivity index (χ1v) is 9.04. The first kappa shape index (κ1) is 19.5. The van der Waals surface area contributed by atoms with Crippen molar-refractivity contribution in [3.8, 4) is 0 Å². The van der Waals surface area contributed by atoms with Gasteiger partial charge in [-0.2, -0.15) is 0 Å². The van der Waals surface area contributed by atoms with Crippen molar-refractivity contribution >= 4 is 50.8 Å². The smallest absolute Gasteiger partial charge is 0.277 e. The largest absolute Gasteiger partial charge is 0.461 e. The monoisotopic (exact) mass is 488 g/mol. The second-order valence-electron chi connectivity index (χ2n) is 5.56. The van der Waals surface area contributed by atoms with Gasteiger partial charge < -0.3 is 14.8 Å². The molecule has 0 atom stereocenters. The number of hydrogen-bond donors (Lipinski definition) is 3. The fourth-order valence-corrected chi connectivity index (χ4v) is 2.86. The van der Waals surface area contributed by atoms with Crippen LogP contribution in [0.2, 0.25) is 0 Å². The van der Waals surface area contributed by atoms with Crippen LogP contribution in [0.5, 0.6) is 0 Å². The van der Waals surface area contributed by atoms with Crippen LogP contribution in [0.4, 0.5) is 20.2 Å². The zero-order valence-electron chi connectivity index (χ0n) is 13.9. The van der Waals surface area contributed by atoms with Gasteiger partial charge in [-0.3, -0.25) is 9.63 Å². The Kier molecular flexibility index (Phi) is 6.24. The number of carbonyl (C=O) groups excluding carboxylic acids is 1. The van der Waals surface area contributed by atoms with Crippen LogP contribution < -0.4 is 10.8 Å². The highest BCUT2D eigenvalue weighted by molar-refractivity contribution is 14.1. The third-order valence-corrected chi connectivity index (χ3v) is 4.36.